The van der Waals surface area contributed by atoms with Crippen molar-refractivity contribution in [1.29, 1.82) is 0 Å². The van der Waals surface area contributed by atoms with Crippen molar-refractivity contribution in [3.63, 3.8) is 0 Å². The summed E-state index contributed by atoms with van der Waals surface area (Å²) in [6.45, 7) is 6.69. The predicted octanol–water partition coefficient (Wildman–Crippen LogP) is 4.61. The molecule has 19 heavy (non-hydrogen) atoms. The van der Waals surface area contributed by atoms with Crippen LogP contribution in [0.25, 0.3) is 0 Å². The third-order valence-electron chi connectivity index (χ3n) is 4.92. The lowest BCUT2D eigenvalue weighted by molar-refractivity contribution is -0.133. The number of ether oxygens (including phenoxy) is 1. The molecule has 0 bridgehead atoms. The summed E-state index contributed by atoms with van der Waals surface area (Å²) in [4.78, 5) is 12.5. The average Bonchev–Trinajstić information content (AvgIpc) is 2.82. The Kier molecular flexibility index (Phi) is 7.67. The van der Waals surface area contributed by atoms with Crippen molar-refractivity contribution in [2.75, 3.05) is 7.11 Å². The fourth-order valence-corrected chi connectivity index (χ4v) is 3.51. The van der Waals surface area contributed by atoms with Crippen molar-refractivity contribution in [3.05, 3.63) is 0 Å². The minimum absolute atomic E-state index is 0.145. The van der Waals surface area contributed by atoms with Crippen LogP contribution in [0.3, 0.4) is 0 Å². The Morgan fingerprint density at radius 1 is 1.32 bits per heavy atom. The van der Waals surface area contributed by atoms with Crippen LogP contribution in [0.15, 0.2) is 0 Å². The Balaban J connectivity index is 2.52. The molecule has 0 amide bonds. The van der Waals surface area contributed by atoms with Gasteiger partial charge >= 0.3 is 0 Å². The van der Waals surface area contributed by atoms with E-state index in [1.807, 2.05) is 0 Å². The first-order valence-corrected chi connectivity index (χ1v) is 8.19. The highest BCUT2D eigenvalue weighted by molar-refractivity contribution is 5.83. The second-order valence-corrected chi connectivity index (χ2v) is 6.32. The minimum Gasteiger partial charge on any atom is -0.373 e. The van der Waals surface area contributed by atoms with Gasteiger partial charge in [0.1, 0.15) is 6.10 Å². The van der Waals surface area contributed by atoms with Crippen molar-refractivity contribution in [3.8, 4) is 0 Å². The van der Waals surface area contributed by atoms with E-state index < -0.39 is 0 Å². The molecule has 0 aromatic rings. The number of hydrogen-bond acceptors (Lipinski definition) is 2. The SMILES string of the molecule is CCCCC(CC)CC(=O)C(OC)C1CCCC1C. The molecule has 0 N–H and O–H groups in total. The van der Waals surface area contributed by atoms with Crippen LogP contribution < -0.4 is 0 Å². The standard InChI is InChI=1S/C17H32O2/c1-5-7-10-14(6-2)12-16(18)17(19-4)15-11-8-9-13(15)3/h13-15,17H,5-12H2,1-4H3. The molecular formula is C17H32O2. The van der Waals surface area contributed by atoms with Crippen molar-refractivity contribution in [2.24, 2.45) is 17.8 Å². The van der Waals surface area contributed by atoms with Crippen molar-refractivity contribution >= 4 is 5.78 Å². The molecule has 0 heterocycles. The number of hydrogen-bond donors (Lipinski definition) is 0. The minimum atomic E-state index is -0.145. The summed E-state index contributed by atoms with van der Waals surface area (Å²) in [7, 11) is 1.71. The Hall–Kier alpha value is -0.370. The van der Waals surface area contributed by atoms with Gasteiger partial charge in [0.15, 0.2) is 5.78 Å². The molecule has 1 rings (SSSR count). The van der Waals surface area contributed by atoms with Gasteiger partial charge in [-0.15, -0.1) is 0 Å². The van der Waals surface area contributed by atoms with E-state index in [2.05, 4.69) is 20.8 Å². The van der Waals surface area contributed by atoms with Crippen LogP contribution in [0.2, 0.25) is 0 Å². The van der Waals surface area contributed by atoms with E-state index in [0.29, 0.717) is 23.5 Å². The van der Waals surface area contributed by atoms with Crippen LogP contribution >= 0.6 is 0 Å². The molecule has 0 aromatic heterocycles. The summed E-state index contributed by atoms with van der Waals surface area (Å²) in [5, 5.41) is 0. The van der Waals surface area contributed by atoms with E-state index in [-0.39, 0.29) is 6.10 Å². The number of carbonyl (C=O) groups excluding carboxylic acids is 1. The first-order chi connectivity index (χ1) is 9.13. The van der Waals surface area contributed by atoms with E-state index in [1.54, 1.807) is 7.11 Å². The summed E-state index contributed by atoms with van der Waals surface area (Å²) in [6.07, 6.45) is 9.01. The Bertz CT molecular complexity index is 262. The third kappa shape index (κ3) is 4.91. The van der Waals surface area contributed by atoms with Crippen LogP contribution in [-0.2, 0) is 9.53 Å². The lowest BCUT2D eigenvalue weighted by Crippen LogP contribution is -2.34. The highest BCUT2D eigenvalue weighted by Gasteiger charge is 2.35. The summed E-state index contributed by atoms with van der Waals surface area (Å²) in [6, 6.07) is 0. The van der Waals surface area contributed by atoms with Gasteiger partial charge in [-0.3, -0.25) is 4.79 Å². The van der Waals surface area contributed by atoms with E-state index in [9.17, 15) is 4.79 Å². The maximum Gasteiger partial charge on any atom is 0.162 e. The zero-order valence-corrected chi connectivity index (χ0v) is 13.3. The van der Waals surface area contributed by atoms with Crippen molar-refractivity contribution in [1.82, 2.24) is 0 Å². The van der Waals surface area contributed by atoms with Gasteiger partial charge < -0.3 is 4.74 Å². The monoisotopic (exact) mass is 268 g/mol. The molecule has 1 aliphatic carbocycles. The summed E-state index contributed by atoms with van der Waals surface area (Å²) in [5.74, 6) is 2.01. The lowest BCUT2D eigenvalue weighted by Gasteiger charge is -2.26. The van der Waals surface area contributed by atoms with Crippen LogP contribution in [0, 0.1) is 17.8 Å². The Morgan fingerprint density at radius 2 is 2.05 bits per heavy atom. The molecule has 2 nitrogen and oxygen atoms in total. The summed E-state index contributed by atoms with van der Waals surface area (Å²) >= 11 is 0. The van der Waals surface area contributed by atoms with E-state index >= 15 is 0 Å². The highest BCUT2D eigenvalue weighted by atomic mass is 16.5. The van der Waals surface area contributed by atoms with Gasteiger partial charge in [0.2, 0.25) is 0 Å². The molecule has 1 saturated carbocycles. The number of Topliss-reactive ketones (excluding diaryl/α,β-unsaturated/α-hetero) is 1. The molecular weight excluding hydrogens is 236 g/mol. The molecule has 0 radical (unpaired) electrons. The second kappa shape index (κ2) is 8.73. The first-order valence-electron chi connectivity index (χ1n) is 8.19. The van der Waals surface area contributed by atoms with Gasteiger partial charge in [-0.1, -0.05) is 59.3 Å². The third-order valence-corrected chi connectivity index (χ3v) is 4.92. The molecule has 0 aliphatic heterocycles. The van der Waals surface area contributed by atoms with Gasteiger partial charge in [0, 0.05) is 13.5 Å². The van der Waals surface area contributed by atoms with Gasteiger partial charge in [-0.05, 0) is 24.2 Å². The topological polar surface area (TPSA) is 26.3 Å². The van der Waals surface area contributed by atoms with Gasteiger partial charge in [0.25, 0.3) is 0 Å². The Morgan fingerprint density at radius 3 is 2.53 bits per heavy atom. The van der Waals surface area contributed by atoms with Crippen LogP contribution in [0.4, 0.5) is 0 Å². The van der Waals surface area contributed by atoms with E-state index in [0.717, 1.165) is 19.3 Å². The molecule has 1 aliphatic rings. The summed E-state index contributed by atoms with van der Waals surface area (Å²) < 4.78 is 5.57. The zero-order valence-electron chi connectivity index (χ0n) is 13.3. The molecule has 0 aromatic carbocycles. The van der Waals surface area contributed by atoms with Crippen LogP contribution in [0.1, 0.15) is 72.1 Å². The number of unbranched alkanes of at least 4 members (excludes halogenated alkanes) is 1. The Labute approximate surface area is 119 Å². The average molecular weight is 268 g/mol. The van der Waals surface area contributed by atoms with Crippen molar-refractivity contribution < 1.29 is 9.53 Å². The van der Waals surface area contributed by atoms with Crippen LogP contribution in [-0.4, -0.2) is 19.0 Å². The lowest BCUT2D eigenvalue weighted by atomic mass is 9.85. The molecule has 0 spiro atoms. The number of carbonyl (C=O) groups is 1. The number of ketones is 1. The molecule has 1 fully saturated rings. The van der Waals surface area contributed by atoms with E-state index in [4.69, 9.17) is 4.74 Å². The van der Waals surface area contributed by atoms with E-state index in [1.165, 1.54) is 32.1 Å². The number of methoxy groups -OCH3 is 1. The normalized spacial score (nSPS) is 26.3. The quantitative estimate of drug-likeness (QED) is 0.610. The maximum atomic E-state index is 12.5. The smallest absolute Gasteiger partial charge is 0.162 e. The van der Waals surface area contributed by atoms with Gasteiger partial charge in [0.05, 0.1) is 0 Å². The van der Waals surface area contributed by atoms with Crippen LogP contribution in [0.5, 0.6) is 0 Å². The maximum absolute atomic E-state index is 12.5. The predicted molar refractivity (Wildman–Crippen MR) is 80.2 cm³/mol. The molecule has 112 valence electrons. The molecule has 4 atom stereocenters. The fourth-order valence-electron chi connectivity index (χ4n) is 3.51. The molecule has 2 heteroatoms. The first kappa shape index (κ1) is 16.7. The molecule has 0 saturated heterocycles. The largest absolute Gasteiger partial charge is 0.373 e. The zero-order chi connectivity index (χ0) is 14.3. The van der Waals surface area contributed by atoms with Gasteiger partial charge in [-0.25, -0.2) is 0 Å². The highest BCUT2D eigenvalue weighted by Crippen LogP contribution is 2.36. The van der Waals surface area contributed by atoms with Gasteiger partial charge in [-0.2, -0.15) is 0 Å². The second-order valence-electron chi connectivity index (χ2n) is 6.32. The fraction of sp³-hybridized carbons (Fsp3) is 0.941. The molecule has 4 unspecified atom stereocenters. The number of rotatable bonds is 9. The summed E-state index contributed by atoms with van der Waals surface area (Å²) in [5.41, 5.74) is 0. The van der Waals surface area contributed by atoms with Crippen molar-refractivity contribution in [2.45, 2.75) is 78.2 Å².